The number of fused-ring (bicyclic) bond motifs is 1. The highest BCUT2D eigenvalue weighted by Gasteiger charge is 2.24. The normalized spacial score (nSPS) is 19.3. The molecule has 0 bridgehead atoms. The smallest absolute Gasteiger partial charge is 0.253 e. The lowest BCUT2D eigenvalue weighted by atomic mass is 9.81. The lowest BCUT2D eigenvalue weighted by Gasteiger charge is -2.27. The monoisotopic (exact) mass is 410 g/mol. The number of carbonyl (C=O) groups excluding carboxylic acids is 1. The van der Waals surface area contributed by atoms with E-state index in [1.165, 1.54) is 0 Å². The number of carbonyl (C=O) groups is 1. The zero-order chi connectivity index (χ0) is 20.4. The fourth-order valence-electron chi connectivity index (χ4n) is 4.27. The van der Waals surface area contributed by atoms with Crippen LogP contribution in [0, 0.1) is 11.8 Å². The van der Waals surface area contributed by atoms with Gasteiger partial charge in [-0.15, -0.1) is 11.3 Å². The predicted molar refractivity (Wildman–Crippen MR) is 118 cm³/mol. The van der Waals surface area contributed by atoms with Crippen molar-refractivity contribution in [2.24, 2.45) is 17.6 Å². The standard InChI is InChI=1S/C22H26N4O2S/c1-2-26-19-8-7-16(20-12-24-13-29-20)9-17(19)18(10-21(26)27)25-11-14-3-5-15(6-4-14)22(23)28/h7-10,12-15,25H,2-6,11H2,1H3,(H2,23,28)/t14-,15-. The van der Waals surface area contributed by atoms with Crippen LogP contribution in [-0.2, 0) is 11.3 Å². The number of aromatic nitrogens is 2. The number of pyridine rings is 1. The number of nitrogens with two attached hydrogens (primary N) is 1. The number of rotatable bonds is 6. The SMILES string of the molecule is CCn1c(=O)cc(NC[C@H]2CC[C@H](C(N)=O)CC2)c2cc(-c3cncs3)ccc21. The molecule has 0 atom stereocenters. The fraction of sp³-hybridized carbons (Fsp3) is 0.409. The number of thiazole rings is 1. The molecular formula is C22H26N4O2S. The molecule has 3 N–H and O–H groups in total. The summed E-state index contributed by atoms with van der Waals surface area (Å²) >= 11 is 1.60. The van der Waals surface area contributed by atoms with Crippen molar-refractivity contribution < 1.29 is 4.79 Å². The summed E-state index contributed by atoms with van der Waals surface area (Å²) in [4.78, 5) is 29.3. The van der Waals surface area contributed by atoms with Gasteiger partial charge >= 0.3 is 0 Å². The first-order valence-corrected chi connectivity index (χ1v) is 11.0. The van der Waals surface area contributed by atoms with Gasteiger partial charge in [-0.1, -0.05) is 6.07 Å². The molecule has 152 valence electrons. The van der Waals surface area contributed by atoms with Crippen molar-refractivity contribution in [2.45, 2.75) is 39.2 Å². The number of aryl methyl sites for hydroxylation is 1. The van der Waals surface area contributed by atoms with Crippen molar-refractivity contribution in [3.8, 4) is 10.4 Å². The fourth-order valence-corrected chi connectivity index (χ4v) is 4.89. The third-order valence-electron chi connectivity index (χ3n) is 5.97. The van der Waals surface area contributed by atoms with Gasteiger partial charge in [0.1, 0.15) is 0 Å². The summed E-state index contributed by atoms with van der Waals surface area (Å²) in [5, 5.41) is 4.57. The van der Waals surface area contributed by atoms with Gasteiger partial charge in [0.15, 0.2) is 0 Å². The first-order valence-electron chi connectivity index (χ1n) is 10.2. The Kier molecular flexibility index (Phi) is 5.67. The number of nitrogens with one attached hydrogen (secondary N) is 1. The first-order chi connectivity index (χ1) is 14.1. The average molecular weight is 411 g/mol. The van der Waals surface area contributed by atoms with Crippen LogP contribution in [0.2, 0.25) is 0 Å². The summed E-state index contributed by atoms with van der Waals surface area (Å²) in [6.45, 7) is 3.41. The van der Waals surface area contributed by atoms with Crippen LogP contribution >= 0.6 is 11.3 Å². The number of hydrogen-bond donors (Lipinski definition) is 2. The highest BCUT2D eigenvalue weighted by Crippen LogP contribution is 2.32. The van der Waals surface area contributed by atoms with Crippen LogP contribution in [0.3, 0.4) is 0 Å². The molecule has 2 aromatic heterocycles. The van der Waals surface area contributed by atoms with Crippen LogP contribution in [0.5, 0.6) is 0 Å². The third kappa shape index (κ3) is 4.05. The molecular weight excluding hydrogens is 384 g/mol. The van der Waals surface area contributed by atoms with Crippen LogP contribution in [0.4, 0.5) is 5.69 Å². The van der Waals surface area contributed by atoms with Crippen molar-refractivity contribution in [3.63, 3.8) is 0 Å². The van der Waals surface area contributed by atoms with Gasteiger partial charge in [-0.05, 0) is 56.2 Å². The maximum Gasteiger partial charge on any atom is 0.253 e. The first kappa shape index (κ1) is 19.6. The molecule has 0 aliphatic heterocycles. The highest BCUT2D eigenvalue weighted by atomic mass is 32.1. The summed E-state index contributed by atoms with van der Waals surface area (Å²) in [6.07, 6.45) is 5.55. The predicted octanol–water partition coefficient (Wildman–Crippen LogP) is 3.85. The molecule has 1 fully saturated rings. The summed E-state index contributed by atoms with van der Waals surface area (Å²) < 4.78 is 1.80. The van der Waals surface area contributed by atoms with Crippen molar-refractivity contribution in [2.75, 3.05) is 11.9 Å². The lowest BCUT2D eigenvalue weighted by molar-refractivity contribution is -0.122. The summed E-state index contributed by atoms with van der Waals surface area (Å²) in [5.74, 6) is 0.322. The molecule has 1 saturated carbocycles. The summed E-state index contributed by atoms with van der Waals surface area (Å²) in [5.41, 5.74) is 10.2. The third-order valence-corrected chi connectivity index (χ3v) is 6.80. The second kappa shape index (κ2) is 8.37. The minimum Gasteiger partial charge on any atom is -0.384 e. The second-order valence-electron chi connectivity index (χ2n) is 7.74. The molecule has 7 heteroatoms. The molecule has 0 saturated heterocycles. The molecule has 3 aromatic rings. The molecule has 1 aliphatic rings. The van der Waals surface area contributed by atoms with Crippen molar-refractivity contribution in [3.05, 3.63) is 46.3 Å². The largest absolute Gasteiger partial charge is 0.384 e. The molecule has 2 heterocycles. The van der Waals surface area contributed by atoms with Gasteiger partial charge in [-0.2, -0.15) is 0 Å². The Hall–Kier alpha value is -2.67. The van der Waals surface area contributed by atoms with E-state index in [1.807, 2.05) is 24.7 Å². The minimum atomic E-state index is -0.179. The Bertz CT molecular complexity index is 1070. The quantitative estimate of drug-likeness (QED) is 0.646. The molecule has 1 aromatic carbocycles. The average Bonchev–Trinajstić information content (AvgIpc) is 3.27. The van der Waals surface area contributed by atoms with Crippen molar-refractivity contribution in [1.29, 1.82) is 0 Å². The van der Waals surface area contributed by atoms with Crippen LogP contribution in [0.1, 0.15) is 32.6 Å². The summed E-state index contributed by atoms with van der Waals surface area (Å²) in [6, 6.07) is 7.92. The van der Waals surface area contributed by atoms with Gasteiger partial charge in [0.25, 0.3) is 5.56 Å². The van der Waals surface area contributed by atoms with Crippen LogP contribution in [-0.4, -0.2) is 22.0 Å². The minimum absolute atomic E-state index is 0.00507. The van der Waals surface area contributed by atoms with Gasteiger partial charge in [0, 0.05) is 42.3 Å². The molecule has 0 spiro atoms. The number of hydrogen-bond acceptors (Lipinski definition) is 5. The zero-order valence-corrected chi connectivity index (χ0v) is 17.4. The van der Waals surface area contributed by atoms with Crippen LogP contribution in [0.15, 0.2) is 40.8 Å². The number of amides is 1. The topological polar surface area (TPSA) is 90.0 Å². The van der Waals surface area contributed by atoms with E-state index < -0.39 is 0 Å². The van der Waals surface area contributed by atoms with E-state index in [1.54, 1.807) is 22.0 Å². The Morgan fingerprint density at radius 3 is 2.72 bits per heavy atom. The Balaban J connectivity index is 1.62. The van der Waals surface area contributed by atoms with E-state index in [0.717, 1.165) is 59.3 Å². The molecule has 1 aliphatic carbocycles. The van der Waals surface area contributed by atoms with E-state index in [4.69, 9.17) is 5.73 Å². The lowest BCUT2D eigenvalue weighted by Crippen LogP contribution is -2.29. The maximum absolute atomic E-state index is 12.6. The molecule has 6 nitrogen and oxygen atoms in total. The Labute approximate surface area is 173 Å². The van der Waals surface area contributed by atoms with Crippen molar-refractivity contribution >= 4 is 33.8 Å². The van der Waals surface area contributed by atoms with E-state index >= 15 is 0 Å². The van der Waals surface area contributed by atoms with Gasteiger partial charge in [0.2, 0.25) is 5.91 Å². The number of primary amides is 1. The Morgan fingerprint density at radius 2 is 2.07 bits per heavy atom. The number of anilines is 1. The van der Waals surface area contributed by atoms with Gasteiger partial charge in [0.05, 0.1) is 15.9 Å². The number of benzene rings is 1. The molecule has 1 amide bonds. The highest BCUT2D eigenvalue weighted by molar-refractivity contribution is 7.13. The van der Waals surface area contributed by atoms with Crippen LogP contribution in [0.25, 0.3) is 21.3 Å². The zero-order valence-electron chi connectivity index (χ0n) is 16.6. The van der Waals surface area contributed by atoms with E-state index in [0.29, 0.717) is 12.5 Å². The maximum atomic E-state index is 12.6. The Morgan fingerprint density at radius 1 is 1.28 bits per heavy atom. The summed E-state index contributed by atoms with van der Waals surface area (Å²) in [7, 11) is 0. The number of nitrogens with zero attached hydrogens (tertiary/aromatic N) is 2. The van der Waals surface area contributed by atoms with Gasteiger partial charge in [-0.3, -0.25) is 14.6 Å². The molecule has 29 heavy (non-hydrogen) atoms. The van der Waals surface area contributed by atoms with Crippen LogP contribution < -0.4 is 16.6 Å². The van der Waals surface area contributed by atoms with Gasteiger partial charge in [-0.25, -0.2) is 0 Å². The molecule has 4 rings (SSSR count). The molecule has 0 radical (unpaired) electrons. The van der Waals surface area contributed by atoms with E-state index in [-0.39, 0.29) is 17.4 Å². The second-order valence-corrected chi connectivity index (χ2v) is 8.63. The van der Waals surface area contributed by atoms with Crippen molar-refractivity contribution in [1.82, 2.24) is 9.55 Å². The van der Waals surface area contributed by atoms with Gasteiger partial charge < -0.3 is 15.6 Å². The molecule has 0 unspecified atom stereocenters. The van der Waals surface area contributed by atoms with E-state index in [2.05, 4.69) is 22.4 Å². The van der Waals surface area contributed by atoms with E-state index in [9.17, 15) is 9.59 Å².